The van der Waals surface area contributed by atoms with Gasteiger partial charge in [0.25, 0.3) is 5.91 Å². The van der Waals surface area contributed by atoms with E-state index in [-0.39, 0.29) is 57.8 Å². The highest BCUT2D eigenvalue weighted by Crippen LogP contribution is 2.40. The van der Waals surface area contributed by atoms with Crippen LogP contribution in [0.5, 0.6) is 11.5 Å². The molecule has 1 aliphatic rings. The van der Waals surface area contributed by atoms with Gasteiger partial charge in [0.05, 0.1) is 17.3 Å². The van der Waals surface area contributed by atoms with Gasteiger partial charge in [0.2, 0.25) is 23.6 Å². The van der Waals surface area contributed by atoms with Crippen molar-refractivity contribution in [3.8, 4) is 40.1 Å². The number of ether oxygens (including phenoxy) is 2. The van der Waals surface area contributed by atoms with Crippen LogP contribution in [0.4, 0.5) is 0 Å². The molecule has 0 radical (unpaired) electrons. The zero-order chi connectivity index (χ0) is 45.6. The van der Waals surface area contributed by atoms with E-state index in [9.17, 15) is 24.0 Å². The summed E-state index contributed by atoms with van der Waals surface area (Å²) >= 11 is 0. The fraction of sp³-hybridized carbons (Fsp3) is 0.378. The van der Waals surface area contributed by atoms with Crippen LogP contribution in [0, 0.1) is 18.3 Å². The third kappa shape index (κ3) is 11.7. The first kappa shape index (κ1) is 47.1. The number of rotatable bonds is 16. The Bertz CT molecular complexity index is 2330. The molecule has 0 unspecified atom stereocenters. The molecule has 18 heteroatoms. The minimum atomic E-state index is -1.40. The summed E-state index contributed by atoms with van der Waals surface area (Å²) in [6.45, 7) is 5.54. The maximum absolute atomic E-state index is 14.6. The summed E-state index contributed by atoms with van der Waals surface area (Å²) in [4.78, 5) is 80.1. The summed E-state index contributed by atoms with van der Waals surface area (Å²) in [5.41, 5.74) is 22.0. The van der Waals surface area contributed by atoms with E-state index in [0.717, 1.165) is 17.5 Å². The number of aryl methyl sites for hydroxylation is 2. The second kappa shape index (κ2) is 22.2. The fourth-order valence-corrected chi connectivity index (χ4v) is 7.08. The summed E-state index contributed by atoms with van der Waals surface area (Å²) in [5, 5.41) is 19.8. The van der Waals surface area contributed by atoms with Gasteiger partial charge in [-0.15, -0.1) is 0 Å². The van der Waals surface area contributed by atoms with Gasteiger partial charge in [0.1, 0.15) is 55.4 Å². The lowest BCUT2D eigenvalue weighted by atomic mass is 9.93. The summed E-state index contributed by atoms with van der Waals surface area (Å²) in [5.74, 6) is -2.15. The lowest BCUT2D eigenvalue weighted by Gasteiger charge is -2.32. The van der Waals surface area contributed by atoms with Crippen molar-refractivity contribution in [3.05, 3.63) is 94.8 Å². The van der Waals surface area contributed by atoms with Crippen LogP contribution in [0.2, 0.25) is 0 Å². The summed E-state index contributed by atoms with van der Waals surface area (Å²) in [7, 11) is 1.41. The van der Waals surface area contributed by atoms with Crippen molar-refractivity contribution in [2.45, 2.75) is 64.2 Å². The molecular formula is C45H55N11O7. The van der Waals surface area contributed by atoms with Gasteiger partial charge in [0, 0.05) is 49.4 Å². The average molecular weight is 862 g/mol. The number of carbonyl (C=O) groups is 5. The fourth-order valence-electron chi connectivity index (χ4n) is 7.08. The van der Waals surface area contributed by atoms with Gasteiger partial charge in [0.15, 0.2) is 5.82 Å². The van der Waals surface area contributed by atoms with Crippen LogP contribution < -0.4 is 47.9 Å². The van der Waals surface area contributed by atoms with Crippen LogP contribution in [0.15, 0.2) is 66.9 Å². The van der Waals surface area contributed by atoms with E-state index in [0.29, 0.717) is 45.3 Å². The molecule has 4 atom stereocenters. The molecule has 0 aliphatic carbocycles. The number of nitrogens with one attached hydrogen (secondary N) is 4. The van der Waals surface area contributed by atoms with Crippen molar-refractivity contribution in [1.29, 1.82) is 5.26 Å². The predicted octanol–water partition coefficient (Wildman–Crippen LogP) is 1.19. The third-order valence-corrected chi connectivity index (χ3v) is 10.5. The van der Waals surface area contributed by atoms with Gasteiger partial charge in [-0.05, 0) is 74.2 Å². The molecule has 332 valence electrons. The highest BCUT2D eigenvalue weighted by atomic mass is 16.5. The maximum atomic E-state index is 14.6. The van der Waals surface area contributed by atoms with Crippen LogP contribution in [0.25, 0.3) is 22.5 Å². The molecule has 4 aromatic rings. The number of benzene rings is 3. The Morgan fingerprint density at radius 3 is 2.22 bits per heavy atom. The number of fused-ring (bicyclic) bond motifs is 5. The molecule has 0 saturated carbocycles. The smallest absolute Gasteiger partial charge is 0.255 e. The largest absolute Gasteiger partial charge is 0.492 e. The molecule has 5 rings (SSSR count). The number of hydrogen-bond acceptors (Lipinski definition) is 13. The van der Waals surface area contributed by atoms with E-state index in [1.165, 1.54) is 25.1 Å². The Morgan fingerprint density at radius 1 is 0.937 bits per heavy atom. The first-order valence-electron chi connectivity index (χ1n) is 20.7. The summed E-state index contributed by atoms with van der Waals surface area (Å²) in [6.07, 6.45) is 2.29. The minimum Gasteiger partial charge on any atom is -0.492 e. The average Bonchev–Trinajstić information content (AvgIpc) is 3.28. The second-order valence-electron chi connectivity index (χ2n) is 14.9. The topological polar surface area (TPSA) is 283 Å². The van der Waals surface area contributed by atoms with E-state index < -0.39 is 53.7 Å². The van der Waals surface area contributed by atoms with Crippen molar-refractivity contribution in [1.82, 2.24) is 36.1 Å². The van der Waals surface area contributed by atoms with Crippen LogP contribution in [-0.4, -0.2) is 109 Å². The Labute approximate surface area is 366 Å². The molecular weight excluding hydrogens is 807 g/mol. The van der Waals surface area contributed by atoms with Crippen LogP contribution in [0.3, 0.4) is 0 Å². The standard InChI is InChI=1S/C45H55N11O7/c1-5-28-6-9-30(10-7-28)40-51-25-34(26(2)52-40)42(58)54-35(14-15-46)45(61)56(4)39-31-11-13-38(63-21-18-49)33(24-31)32-22-29(8-12-37(32)62-20-17-48)23-36(43(59)50-19-16-47)55-41(57)27(3)53-44(39)60/h6-13,22,24-25,27,35-36,39H,5,14-15,17-21,23,46,48-49H2,1-4H3,(H,50,59)(H,53,60)(H,54,58)(H,55,57)/t27-,35-,36-,39-/m0/s1. The van der Waals surface area contributed by atoms with Crippen LogP contribution in [0.1, 0.15) is 59.1 Å². The van der Waals surface area contributed by atoms with E-state index in [4.69, 9.17) is 31.9 Å². The Balaban J connectivity index is 1.57. The number of carbonyl (C=O) groups excluding carboxylic acids is 5. The molecule has 63 heavy (non-hydrogen) atoms. The monoisotopic (exact) mass is 861 g/mol. The van der Waals surface area contributed by atoms with Gasteiger partial charge in [-0.25, -0.2) is 9.97 Å². The van der Waals surface area contributed by atoms with Gasteiger partial charge < -0.3 is 52.8 Å². The molecule has 1 aliphatic heterocycles. The van der Waals surface area contributed by atoms with Gasteiger partial charge in [-0.2, -0.15) is 5.26 Å². The first-order chi connectivity index (χ1) is 30.3. The van der Waals surface area contributed by atoms with E-state index in [1.807, 2.05) is 30.3 Å². The summed E-state index contributed by atoms with van der Waals surface area (Å²) < 4.78 is 12.2. The molecule has 4 bridgehead atoms. The lowest BCUT2D eigenvalue weighted by molar-refractivity contribution is -0.141. The normalized spacial score (nSPS) is 16.6. The number of nitriles is 1. The Hall–Kier alpha value is -6.94. The number of nitrogens with two attached hydrogens (primary N) is 3. The Morgan fingerprint density at radius 2 is 1.60 bits per heavy atom. The van der Waals surface area contributed by atoms with Crippen molar-refractivity contribution in [2.75, 3.05) is 46.4 Å². The number of amides is 5. The quantitative estimate of drug-likeness (QED) is 0.0781. The second-order valence-corrected chi connectivity index (χ2v) is 14.9. The molecule has 0 fully saturated rings. The van der Waals surface area contributed by atoms with Crippen molar-refractivity contribution in [2.24, 2.45) is 17.2 Å². The first-order valence-corrected chi connectivity index (χ1v) is 20.7. The van der Waals surface area contributed by atoms with Gasteiger partial charge in [-0.3, -0.25) is 24.0 Å². The van der Waals surface area contributed by atoms with Crippen LogP contribution in [-0.2, 0) is 32.0 Å². The van der Waals surface area contributed by atoms with Gasteiger partial charge >= 0.3 is 0 Å². The van der Waals surface area contributed by atoms with Crippen molar-refractivity contribution in [3.63, 3.8) is 0 Å². The number of nitrogens with zero attached hydrogens (tertiary/aromatic N) is 4. The third-order valence-electron chi connectivity index (χ3n) is 10.5. The molecule has 10 N–H and O–H groups in total. The number of hydrogen-bond donors (Lipinski definition) is 7. The highest BCUT2D eigenvalue weighted by molar-refractivity contribution is 6.00. The van der Waals surface area contributed by atoms with E-state index in [1.54, 1.807) is 43.3 Å². The molecule has 5 amide bonds. The molecule has 0 spiro atoms. The lowest BCUT2D eigenvalue weighted by Crippen LogP contribution is -2.56. The molecule has 2 heterocycles. The number of likely N-dealkylation sites (N-methyl/N-ethyl adjacent to an activating group) is 1. The SMILES string of the molecule is CCc1ccc(-c2ncc(C(=O)N[C@@H](CCN)C(=O)N(C)[C@@H]3C(=O)N[C@@H](C)C(=O)N[C@H](C(=O)NCC#N)Cc4ccc(OCCN)c(c4)-c4cc3ccc4OCCN)c(C)n2)cc1. The maximum Gasteiger partial charge on any atom is 0.255 e. The molecule has 1 aromatic heterocycles. The van der Waals surface area contributed by atoms with Crippen molar-refractivity contribution >= 4 is 29.5 Å². The molecule has 3 aromatic carbocycles. The summed E-state index contributed by atoms with van der Waals surface area (Å²) in [6, 6.07) is 14.8. The molecule has 0 saturated heterocycles. The number of aromatic nitrogens is 2. The zero-order valence-electron chi connectivity index (χ0n) is 35.9. The van der Waals surface area contributed by atoms with E-state index in [2.05, 4.69) is 38.2 Å². The molecule has 18 nitrogen and oxygen atoms in total. The zero-order valence-corrected chi connectivity index (χ0v) is 35.9. The van der Waals surface area contributed by atoms with Crippen molar-refractivity contribution < 1.29 is 33.4 Å². The Kier molecular flexibility index (Phi) is 16.6. The van der Waals surface area contributed by atoms with Gasteiger partial charge in [-0.1, -0.05) is 43.3 Å². The highest BCUT2D eigenvalue weighted by Gasteiger charge is 2.36. The predicted molar refractivity (Wildman–Crippen MR) is 235 cm³/mol. The van der Waals surface area contributed by atoms with E-state index >= 15 is 0 Å². The minimum absolute atomic E-state index is 0.00310. The van der Waals surface area contributed by atoms with Crippen LogP contribution >= 0.6 is 0 Å².